The number of halogens is 1. The highest BCUT2D eigenvalue weighted by atomic mass is 19.1. The molecule has 0 fully saturated rings. The van der Waals surface area contributed by atoms with Crippen molar-refractivity contribution in [1.82, 2.24) is 9.97 Å². The monoisotopic (exact) mass is 376 g/mol. The Morgan fingerprint density at radius 1 is 1.18 bits per heavy atom. The summed E-state index contributed by atoms with van der Waals surface area (Å²) in [5.41, 5.74) is 5.28. The number of nitrogens with one attached hydrogen (secondary N) is 2. The second kappa shape index (κ2) is 6.71. The van der Waals surface area contributed by atoms with E-state index in [1.165, 1.54) is 30.0 Å². The molecule has 0 saturated heterocycles. The molecule has 6 heteroatoms. The highest BCUT2D eigenvalue weighted by Crippen LogP contribution is 2.39. The van der Waals surface area contributed by atoms with Crippen LogP contribution in [0.5, 0.6) is 0 Å². The number of nitrogens with zero attached hydrogens (tertiary/aromatic N) is 2. The minimum Gasteiger partial charge on any atom is -0.384 e. The molecular weight excluding hydrogens is 355 g/mol. The molecule has 3 aromatic rings. The SMILES string of the molecule is Cc1cc2c(cc1-c1cnc(NC(=O)c3ccccc3F)cn1)C(C)(C)CN2. The Labute approximate surface area is 163 Å². The van der Waals surface area contributed by atoms with Crippen molar-refractivity contribution in [3.63, 3.8) is 0 Å². The predicted molar refractivity (Wildman–Crippen MR) is 108 cm³/mol. The zero-order valence-electron chi connectivity index (χ0n) is 16.0. The Balaban J connectivity index is 1.59. The van der Waals surface area contributed by atoms with Crippen molar-refractivity contribution >= 4 is 17.4 Å². The molecule has 0 aliphatic carbocycles. The number of hydrogen-bond donors (Lipinski definition) is 2. The molecule has 142 valence electrons. The number of amides is 1. The van der Waals surface area contributed by atoms with E-state index < -0.39 is 11.7 Å². The molecule has 2 heterocycles. The van der Waals surface area contributed by atoms with E-state index >= 15 is 0 Å². The van der Waals surface area contributed by atoms with Crippen LogP contribution >= 0.6 is 0 Å². The number of carbonyl (C=O) groups excluding carboxylic acids is 1. The van der Waals surface area contributed by atoms with Gasteiger partial charge < -0.3 is 10.6 Å². The molecule has 1 aliphatic heterocycles. The lowest BCUT2D eigenvalue weighted by atomic mass is 9.85. The Bertz CT molecular complexity index is 1060. The molecule has 2 aromatic carbocycles. The summed E-state index contributed by atoms with van der Waals surface area (Å²) in [7, 11) is 0. The Morgan fingerprint density at radius 2 is 1.96 bits per heavy atom. The van der Waals surface area contributed by atoms with E-state index in [2.05, 4.69) is 46.6 Å². The van der Waals surface area contributed by atoms with Crippen molar-refractivity contribution in [2.24, 2.45) is 0 Å². The van der Waals surface area contributed by atoms with Crippen LogP contribution in [-0.2, 0) is 5.41 Å². The molecule has 0 radical (unpaired) electrons. The molecule has 1 amide bonds. The number of carbonyl (C=O) groups is 1. The molecule has 0 unspecified atom stereocenters. The predicted octanol–water partition coefficient (Wildman–Crippen LogP) is 4.55. The van der Waals surface area contributed by atoms with Gasteiger partial charge in [0.1, 0.15) is 5.82 Å². The van der Waals surface area contributed by atoms with Gasteiger partial charge in [0.05, 0.1) is 23.7 Å². The summed E-state index contributed by atoms with van der Waals surface area (Å²) in [6, 6.07) is 10.1. The first kappa shape index (κ1) is 18.1. The summed E-state index contributed by atoms with van der Waals surface area (Å²) < 4.78 is 13.7. The molecule has 0 saturated carbocycles. The van der Waals surface area contributed by atoms with Crippen LogP contribution in [0.15, 0.2) is 48.8 Å². The smallest absolute Gasteiger partial charge is 0.259 e. The molecule has 28 heavy (non-hydrogen) atoms. The Morgan fingerprint density at radius 3 is 2.68 bits per heavy atom. The van der Waals surface area contributed by atoms with Crippen molar-refractivity contribution in [2.45, 2.75) is 26.2 Å². The van der Waals surface area contributed by atoms with Crippen LogP contribution in [0.25, 0.3) is 11.3 Å². The molecule has 1 aliphatic rings. The van der Waals surface area contributed by atoms with Crippen LogP contribution in [0.2, 0.25) is 0 Å². The van der Waals surface area contributed by atoms with Crippen LogP contribution in [0, 0.1) is 12.7 Å². The van der Waals surface area contributed by atoms with E-state index in [1.807, 2.05) is 6.92 Å². The first-order valence-corrected chi connectivity index (χ1v) is 9.12. The highest BCUT2D eigenvalue weighted by Gasteiger charge is 2.30. The molecular formula is C22H21FN4O. The zero-order valence-corrected chi connectivity index (χ0v) is 16.0. The molecule has 0 atom stereocenters. The third-order valence-electron chi connectivity index (χ3n) is 5.10. The van der Waals surface area contributed by atoms with Crippen LogP contribution in [0.3, 0.4) is 0 Å². The second-order valence-electron chi connectivity index (χ2n) is 7.67. The van der Waals surface area contributed by atoms with Crippen molar-refractivity contribution in [3.8, 4) is 11.3 Å². The maximum Gasteiger partial charge on any atom is 0.259 e. The van der Waals surface area contributed by atoms with E-state index in [-0.39, 0.29) is 16.8 Å². The lowest BCUT2D eigenvalue weighted by molar-refractivity contribution is 0.102. The zero-order chi connectivity index (χ0) is 19.9. The average Bonchev–Trinajstić information content (AvgIpc) is 2.96. The topological polar surface area (TPSA) is 66.9 Å². The van der Waals surface area contributed by atoms with Crippen molar-refractivity contribution < 1.29 is 9.18 Å². The minimum atomic E-state index is -0.574. The van der Waals surface area contributed by atoms with Gasteiger partial charge in [-0.15, -0.1) is 0 Å². The number of aromatic nitrogens is 2. The average molecular weight is 376 g/mol. The molecule has 0 spiro atoms. The molecule has 2 N–H and O–H groups in total. The van der Waals surface area contributed by atoms with Gasteiger partial charge in [0, 0.05) is 23.2 Å². The van der Waals surface area contributed by atoms with Gasteiger partial charge in [-0.3, -0.25) is 9.78 Å². The molecule has 0 bridgehead atoms. The third-order valence-corrected chi connectivity index (χ3v) is 5.10. The van der Waals surface area contributed by atoms with Crippen LogP contribution in [0.1, 0.15) is 35.3 Å². The van der Waals surface area contributed by atoms with Gasteiger partial charge in [-0.05, 0) is 42.3 Å². The molecule has 5 nitrogen and oxygen atoms in total. The molecule has 1 aromatic heterocycles. The number of benzene rings is 2. The van der Waals surface area contributed by atoms with Crippen LogP contribution in [0.4, 0.5) is 15.9 Å². The van der Waals surface area contributed by atoms with Gasteiger partial charge in [0.25, 0.3) is 5.91 Å². The van der Waals surface area contributed by atoms with E-state index in [4.69, 9.17) is 0 Å². The number of hydrogen-bond acceptors (Lipinski definition) is 4. The van der Waals surface area contributed by atoms with Gasteiger partial charge in [-0.1, -0.05) is 26.0 Å². The number of aryl methyl sites for hydroxylation is 1. The van der Waals surface area contributed by atoms with Crippen molar-refractivity contribution in [2.75, 3.05) is 17.2 Å². The van der Waals surface area contributed by atoms with Crippen molar-refractivity contribution in [3.05, 3.63) is 71.3 Å². The van der Waals surface area contributed by atoms with E-state index in [1.54, 1.807) is 12.3 Å². The summed E-state index contributed by atoms with van der Waals surface area (Å²) in [6.07, 6.45) is 3.12. The fourth-order valence-electron chi connectivity index (χ4n) is 3.46. The van der Waals surface area contributed by atoms with Crippen molar-refractivity contribution in [1.29, 1.82) is 0 Å². The van der Waals surface area contributed by atoms with Gasteiger partial charge in [-0.25, -0.2) is 9.37 Å². The minimum absolute atomic E-state index is 0.0300. The summed E-state index contributed by atoms with van der Waals surface area (Å²) in [5, 5.41) is 6.03. The van der Waals surface area contributed by atoms with E-state index in [0.29, 0.717) is 0 Å². The fraction of sp³-hybridized carbons (Fsp3) is 0.227. The lowest BCUT2D eigenvalue weighted by Gasteiger charge is -2.18. The highest BCUT2D eigenvalue weighted by molar-refractivity contribution is 6.03. The second-order valence-corrected chi connectivity index (χ2v) is 7.67. The number of fused-ring (bicyclic) bond motifs is 1. The first-order valence-electron chi connectivity index (χ1n) is 9.12. The van der Waals surface area contributed by atoms with E-state index in [9.17, 15) is 9.18 Å². The van der Waals surface area contributed by atoms with E-state index in [0.717, 1.165) is 29.1 Å². The maximum atomic E-state index is 13.7. The summed E-state index contributed by atoms with van der Waals surface area (Å²) in [6.45, 7) is 7.35. The van der Waals surface area contributed by atoms with Gasteiger partial charge in [0.15, 0.2) is 5.82 Å². The number of anilines is 2. The normalized spacial score (nSPS) is 14.3. The lowest BCUT2D eigenvalue weighted by Crippen LogP contribution is -2.19. The van der Waals surface area contributed by atoms with Gasteiger partial charge in [-0.2, -0.15) is 0 Å². The Hall–Kier alpha value is -3.28. The Kier molecular flexibility index (Phi) is 4.34. The largest absolute Gasteiger partial charge is 0.384 e. The first-order chi connectivity index (χ1) is 13.3. The van der Waals surface area contributed by atoms with Gasteiger partial charge >= 0.3 is 0 Å². The summed E-state index contributed by atoms with van der Waals surface area (Å²) >= 11 is 0. The fourth-order valence-corrected chi connectivity index (χ4v) is 3.46. The number of rotatable bonds is 3. The standard InChI is InChI=1S/C22H21FN4O/c1-13-8-18-16(22(2,3)12-26-18)9-15(13)19-10-25-20(11-24-19)27-21(28)14-6-4-5-7-17(14)23/h4-11,26H,12H2,1-3H3,(H,25,27,28). The quantitative estimate of drug-likeness (QED) is 0.704. The molecule has 4 rings (SSSR count). The van der Waals surface area contributed by atoms with Crippen LogP contribution < -0.4 is 10.6 Å². The summed E-state index contributed by atoms with van der Waals surface area (Å²) in [5.74, 6) is -0.853. The van der Waals surface area contributed by atoms with Crippen LogP contribution in [-0.4, -0.2) is 22.4 Å². The maximum absolute atomic E-state index is 13.7. The third kappa shape index (κ3) is 3.22. The summed E-state index contributed by atoms with van der Waals surface area (Å²) in [4.78, 5) is 21.0. The van der Waals surface area contributed by atoms with Gasteiger partial charge in [0.2, 0.25) is 0 Å².